The van der Waals surface area contributed by atoms with Gasteiger partial charge in [-0.2, -0.15) is 0 Å². The summed E-state index contributed by atoms with van der Waals surface area (Å²) in [6, 6.07) is 10.9. The van der Waals surface area contributed by atoms with Crippen LogP contribution < -0.4 is 4.90 Å². The maximum absolute atomic E-state index is 13.2. The second-order valence-corrected chi connectivity index (χ2v) is 8.37. The average molecular weight is 381 g/mol. The van der Waals surface area contributed by atoms with Gasteiger partial charge >= 0.3 is 0 Å². The van der Waals surface area contributed by atoms with Crippen LogP contribution in [0.1, 0.15) is 47.3 Å². The Kier molecular flexibility index (Phi) is 4.87. The van der Waals surface area contributed by atoms with Crippen molar-refractivity contribution in [3.63, 3.8) is 0 Å². The van der Waals surface area contributed by atoms with Crippen LogP contribution in [0.3, 0.4) is 0 Å². The maximum atomic E-state index is 13.2. The molecule has 1 N–H and O–H groups in total. The number of Topliss-reactive ketones (excluding diaryl/α,β-unsaturated/α-hetero) is 1. The van der Waals surface area contributed by atoms with Crippen molar-refractivity contribution in [2.45, 2.75) is 45.1 Å². The molecule has 1 atom stereocenters. The Morgan fingerprint density at radius 2 is 1.81 bits per heavy atom. The summed E-state index contributed by atoms with van der Waals surface area (Å²) in [6.45, 7) is 2.00. The van der Waals surface area contributed by atoms with Gasteiger partial charge in [0.2, 0.25) is 5.78 Å². The highest BCUT2D eigenvalue weighted by Crippen LogP contribution is 2.41. The zero-order valence-electron chi connectivity index (χ0n) is 15.4. The van der Waals surface area contributed by atoms with Gasteiger partial charge in [-0.1, -0.05) is 43.0 Å². The molecule has 1 amide bonds. The Bertz CT molecular complexity index is 877. The van der Waals surface area contributed by atoms with E-state index < -0.39 is 11.9 Å². The molecule has 27 heavy (non-hydrogen) atoms. The number of anilines is 1. The van der Waals surface area contributed by atoms with Crippen molar-refractivity contribution in [3.8, 4) is 0 Å². The van der Waals surface area contributed by atoms with Crippen molar-refractivity contribution >= 4 is 28.7 Å². The van der Waals surface area contributed by atoms with Crippen LogP contribution in [-0.4, -0.2) is 22.8 Å². The van der Waals surface area contributed by atoms with Gasteiger partial charge in [-0.15, -0.1) is 11.3 Å². The summed E-state index contributed by atoms with van der Waals surface area (Å²) >= 11 is 1.34. The lowest BCUT2D eigenvalue weighted by Gasteiger charge is -2.35. The lowest BCUT2D eigenvalue weighted by Crippen LogP contribution is -2.42. The zero-order chi connectivity index (χ0) is 19.0. The number of thiophene rings is 1. The second-order valence-electron chi connectivity index (χ2n) is 7.42. The third kappa shape index (κ3) is 3.21. The van der Waals surface area contributed by atoms with Crippen LogP contribution in [0, 0.1) is 12.8 Å². The van der Waals surface area contributed by atoms with Crippen molar-refractivity contribution in [1.82, 2.24) is 0 Å². The summed E-state index contributed by atoms with van der Waals surface area (Å²) in [5, 5.41) is 12.5. The molecule has 4 nitrogen and oxygen atoms in total. The van der Waals surface area contributed by atoms with Crippen LogP contribution in [0.25, 0.3) is 0 Å². The second kappa shape index (κ2) is 7.31. The number of aliphatic hydroxyl groups is 1. The van der Waals surface area contributed by atoms with Gasteiger partial charge in [-0.3, -0.25) is 14.5 Å². The van der Waals surface area contributed by atoms with E-state index in [4.69, 9.17) is 0 Å². The average Bonchev–Trinajstić information content (AvgIpc) is 3.31. The van der Waals surface area contributed by atoms with E-state index in [2.05, 4.69) is 0 Å². The molecular weight excluding hydrogens is 358 g/mol. The summed E-state index contributed by atoms with van der Waals surface area (Å²) in [6.07, 6.45) is 5.31. The molecule has 1 aliphatic carbocycles. The van der Waals surface area contributed by atoms with E-state index in [-0.39, 0.29) is 23.0 Å². The molecule has 5 heteroatoms. The van der Waals surface area contributed by atoms with E-state index in [0.717, 1.165) is 36.9 Å². The van der Waals surface area contributed by atoms with Gasteiger partial charge in [0, 0.05) is 5.69 Å². The third-order valence-corrected chi connectivity index (χ3v) is 6.52. The molecule has 2 heterocycles. The molecule has 1 aliphatic heterocycles. The summed E-state index contributed by atoms with van der Waals surface area (Å²) in [5.74, 6) is -0.882. The van der Waals surface area contributed by atoms with Gasteiger partial charge in [-0.05, 0) is 49.3 Å². The molecule has 1 unspecified atom stereocenters. The SMILES string of the molecule is Cc1ccc(N2C(=O)C(O)=C(C(=O)c3cccs3)C2C2CCCCC2)cc1. The van der Waals surface area contributed by atoms with Crippen molar-refractivity contribution in [2.75, 3.05) is 4.90 Å². The van der Waals surface area contributed by atoms with Gasteiger partial charge in [0.25, 0.3) is 5.91 Å². The van der Waals surface area contributed by atoms with Crippen LogP contribution in [0.4, 0.5) is 5.69 Å². The number of aliphatic hydroxyl groups excluding tert-OH is 1. The van der Waals surface area contributed by atoms with Crippen LogP contribution in [0.2, 0.25) is 0 Å². The number of nitrogens with zero attached hydrogens (tertiary/aromatic N) is 1. The van der Waals surface area contributed by atoms with Crippen LogP contribution >= 0.6 is 11.3 Å². The van der Waals surface area contributed by atoms with Crippen molar-refractivity contribution in [3.05, 3.63) is 63.6 Å². The van der Waals surface area contributed by atoms with Gasteiger partial charge in [-0.25, -0.2) is 0 Å². The van der Waals surface area contributed by atoms with E-state index >= 15 is 0 Å². The van der Waals surface area contributed by atoms with Crippen molar-refractivity contribution in [2.24, 2.45) is 5.92 Å². The topological polar surface area (TPSA) is 57.6 Å². The quantitative estimate of drug-likeness (QED) is 0.754. The Hall–Kier alpha value is -2.40. The fourth-order valence-electron chi connectivity index (χ4n) is 4.29. The lowest BCUT2D eigenvalue weighted by atomic mass is 9.80. The first-order valence-electron chi connectivity index (χ1n) is 9.49. The smallest absolute Gasteiger partial charge is 0.294 e. The highest BCUT2D eigenvalue weighted by atomic mass is 32.1. The Morgan fingerprint density at radius 3 is 2.44 bits per heavy atom. The predicted octanol–water partition coefficient (Wildman–Crippen LogP) is 5.05. The summed E-state index contributed by atoms with van der Waals surface area (Å²) < 4.78 is 0. The molecule has 1 aromatic heterocycles. The zero-order valence-corrected chi connectivity index (χ0v) is 16.2. The molecule has 4 rings (SSSR count). The first-order valence-corrected chi connectivity index (χ1v) is 10.4. The molecular formula is C22H23NO3S. The Labute approximate surface area is 163 Å². The number of hydrogen-bond acceptors (Lipinski definition) is 4. The minimum atomic E-state index is -0.464. The Balaban J connectivity index is 1.79. The Morgan fingerprint density at radius 1 is 1.11 bits per heavy atom. The molecule has 2 aromatic rings. The molecule has 0 saturated heterocycles. The molecule has 140 valence electrons. The predicted molar refractivity (Wildman–Crippen MR) is 107 cm³/mol. The molecule has 1 fully saturated rings. The summed E-state index contributed by atoms with van der Waals surface area (Å²) in [7, 11) is 0. The molecule has 1 aromatic carbocycles. The number of rotatable bonds is 4. The fraction of sp³-hybridized carbons (Fsp3) is 0.364. The molecule has 2 aliphatic rings. The van der Waals surface area contributed by atoms with Gasteiger partial charge < -0.3 is 5.11 Å². The number of aryl methyl sites for hydroxylation is 1. The minimum Gasteiger partial charge on any atom is -0.503 e. The maximum Gasteiger partial charge on any atom is 0.294 e. The molecule has 0 radical (unpaired) electrons. The van der Waals surface area contributed by atoms with E-state index in [1.807, 2.05) is 42.6 Å². The van der Waals surface area contributed by atoms with E-state index in [1.165, 1.54) is 17.8 Å². The van der Waals surface area contributed by atoms with Crippen molar-refractivity contribution < 1.29 is 14.7 Å². The fourth-order valence-corrected chi connectivity index (χ4v) is 4.96. The van der Waals surface area contributed by atoms with Crippen LogP contribution in [0.5, 0.6) is 0 Å². The first-order chi connectivity index (χ1) is 13.1. The normalized spacial score (nSPS) is 21.1. The highest BCUT2D eigenvalue weighted by Gasteiger charge is 2.47. The standard InChI is InChI=1S/C22H23NO3S/c1-14-9-11-16(12-10-14)23-19(15-6-3-2-4-7-15)18(21(25)22(23)26)20(24)17-8-5-13-27-17/h5,8-13,15,19,25H,2-4,6-7H2,1H3. The molecule has 1 saturated carbocycles. The number of amides is 1. The number of hydrogen-bond donors (Lipinski definition) is 1. The van der Waals surface area contributed by atoms with Gasteiger partial charge in [0.05, 0.1) is 16.5 Å². The number of benzene rings is 1. The van der Waals surface area contributed by atoms with E-state index in [1.54, 1.807) is 11.0 Å². The van der Waals surface area contributed by atoms with Crippen LogP contribution in [0.15, 0.2) is 53.1 Å². The first kappa shape index (κ1) is 18.0. The van der Waals surface area contributed by atoms with E-state index in [9.17, 15) is 14.7 Å². The molecule has 0 bridgehead atoms. The number of carbonyl (C=O) groups excluding carboxylic acids is 2. The van der Waals surface area contributed by atoms with Crippen molar-refractivity contribution in [1.29, 1.82) is 0 Å². The number of carbonyl (C=O) groups is 2. The minimum absolute atomic E-state index is 0.188. The van der Waals surface area contributed by atoms with E-state index in [0.29, 0.717) is 4.88 Å². The molecule has 0 spiro atoms. The van der Waals surface area contributed by atoms with Gasteiger partial charge in [0.15, 0.2) is 5.76 Å². The monoisotopic (exact) mass is 381 g/mol. The summed E-state index contributed by atoms with van der Waals surface area (Å²) in [5.41, 5.74) is 2.11. The van der Waals surface area contributed by atoms with Gasteiger partial charge in [0.1, 0.15) is 0 Å². The summed E-state index contributed by atoms with van der Waals surface area (Å²) in [4.78, 5) is 28.4. The largest absolute Gasteiger partial charge is 0.503 e. The highest BCUT2D eigenvalue weighted by molar-refractivity contribution is 7.12. The third-order valence-electron chi connectivity index (χ3n) is 5.65. The number of ketones is 1. The lowest BCUT2D eigenvalue weighted by molar-refractivity contribution is -0.117. The van der Waals surface area contributed by atoms with Crippen LogP contribution in [-0.2, 0) is 4.79 Å².